The number of para-hydroxylation sites is 1. The minimum absolute atomic E-state index is 0.00329. The number of nitrogens with two attached hydrogens (primary N) is 1. The van der Waals surface area contributed by atoms with E-state index in [4.69, 9.17) is 5.73 Å². The van der Waals surface area contributed by atoms with E-state index in [-0.39, 0.29) is 18.0 Å². The van der Waals surface area contributed by atoms with Gasteiger partial charge in [0, 0.05) is 37.0 Å². The van der Waals surface area contributed by atoms with Crippen LogP contribution in [0.3, 0.4) is 0 Å². The van der Waals surface area contributed by atoms with Gasteiger partial charge in [0.1, 0.15) is 0 Å². The number of benzene rings is 1. The fourth-order valence-corrected chi connectivity index (χ4v) is 2.76. The number of carbonyl (C=O) groups is 1. The highest BCUT2D eigenvalue weighted by molar-refractivity contribution is 5.79. The molecule has 5 nitrogen and oxygen atoms in total. The Balaban J connectivity index is 1.96. The van der Waals surface area contributed by atoms with Gasteiger partial charge in [0.2, 0.25) is 5.91 Å². The molecule has 1 aliphatic rings. The molecule has 1 fully saturated rings. The van der Waals surface area contributed by atoms with Gasteiger partial charge >= 0.3 is 0 Å². The van der Waals surface area contributed by atoms with Gasteiger partial charge in [0.15, 0.2) is 0 Å². The summed E-state index contributed by atoms with van der Waals surface area (Å²) in [6.45, 7) is 2.66. The van der Waals surface area contributed by atoms with Gasteiger partial charge in [0.25, 0.3) is 0 Å². The molecule has 2 aromatic rings. The average Bonchev–Trinajstić information content (AvgIpc) is 3.07. The summed E-state index contributed by atoms with van der Waals surface area (Å²) in [6, 6.07) is 9.85. The summed E-state index contributed by atoms with van der Waals surface area (Å²) in [7, 11) is 0. The third-order valence-corrected chi connectivity index (χ3v) is 3.79. The molecule has 20 heavy (non-hydrogen) atoms. The van der Waals surface area contributed by atoms with E-state index in [2.05, 4.69) is 5.10 Å². The van der Waals surface area contributed by atoms with Crippen LogP contribution in [0.1, 0.15) is 24.9 Å². The van der Waals surface area contributed by atoms with Gasteiger partial charge in [-0.25, -0.2) is 4.68 Å². The summed E-state index contributed by atoms with van der Waals surface area (Å²) in [4.78, 5) is 13.9. The van der Waals surface area contributed by atoms with Crippen LogP contribution >= 0.6 is 0 Å². The molecule has 1 aromatic carbocycles. The second-order valence-corrected chi connectivity index (χ2v) is 5.20. The van der Waals surface area contributed by atoms with E-state index in [1.165, 1.54) is 0 Å². The predicted molar refractivity (Wildman–Crippen MR) is 76.3 cm³/mol. The smallest absolute Gasteiger partial charge is 0.224 e. The van der Waals surface area contributed by atoms with Gasteiger partial charge < -0.3 is 10.6 Å². The molecule has 3 rings (SSSR count). The molecule has 1 aromatic heterocycles. The fraction of sp³-hybridized carbons (Fsp3) is 0.333. The van der Waals surface area contributed by atoms with Crippen LogP contribution in [-0.2, 0) is 4.79 Å². The van der Waals surface area contributed by atoms with Crippen LogP contribution in [0.4, 0.5) is 0 Å². The summed E-state index contributed by atoms with van der Waals surface area (Å²) in [5, 5.41) is 4.28. The van der Waals surface area contributed by atoms with Crippen LogP contribution < -0.4 is 5.73 Å². The highest BCUT2D eigenvalue weighted by atomic mass is 16.2. The Morgan fingerprint density at radius 3 is 2.80 bits per heavy atom. The molecule has 104 valence electrons. The first-order chi connectivity index (χ1) is 9.66. The SMILES string of the molecule is CC(c1ccccc1-n1cccn1)N1CC(N)CC1=O. The Morgan fingerprint density at radius 2 is 2.15 bits per heavy atom. The Hall–Kier alpha value is -2.14. The third-order valence-electron chi connectivity index (χ3n) is 3.79. The van der Waals surface area contributed by atoms with Crippen LogP contribution in [-0.4, -0.2) is 33.2 Å². The van der Waals surface area contributed by atoms with Crippen molar-refractivity contribution in [3.05, 3.63) is 48.3 Å². The summed E-state index contributed by atoms with van der Waals surface area (Å²) in [6.07, 6.45) is 4.09. The van der Waals surface area contributed by atoms with Crippen molar-refractivity contribution in [1.82, 2.24) is 14.7 Å². The number of hydrogen-bond acceptors (Lipinski definition) is 3. The molecule has 0 radical (unpaired) electrons. The number of likely N-dealkylation sites (tertiary alicyclic amines) is 1. The van der Waals surface area contributed by atoms with E-state index in [0.29, 0.717) is 13.0 Å². The lowest BCUT2D eigenvalue weighted by molar-refractivity contribution is -0.129. The van der Waals surface area contributed by atoms with Gasteiger partial charge in [-0.3, -0.25) is 4.79 Å². The first-order valence-electron chi connectivity index (χ1n) is 6.81. The summed E-state index contributed by atoms with van der Waals surface area (Å²) >= 11 is 0. The van der Waals surface area contributed by atoms with Gasteiger partial charge in [-0.2, -0.15) is 5.10 Å². The van der Waals surface area contributed by atoms with Crippen LogP contribution in [0.5, 0.6) is 0 Å². The number of aromatic nitrogens is 2. The molecular weight excluding hydrogens is 252 g/mol. The number of hydrogen-bond donors (Lipinski definition) is 1. The number of carbonyl (C=O) groups excluding carboxylic acids is 1. The van der Waals surface area contributed by atoms with E-state index in [0.717, 1.165) is 11.3 Å². The maximum atomic E-state index is 12.0. The topological polar surface area (TPSA) is 64.2 Å². The summed E-state index contributed by atoms with van der Waals surface area (Å²) < 4.78 is 1.83. The molecule has 2 atom stereocenters. The van der Waals surface area contributed by atoms with E-state index in [9.17, 15) is 4.79 Å². The largest absolute Gasteiger partial charge is 0.334 e. The van der Waals surface area contributed by atoms with E-state index in [1.54, 1.807) is 6.20 Å². The zero-order valence-electron chi connectivity index (χ0n) is 11.4. The molecule has 2 N–H and O–H groups in total. The fourth-order valence-electron chi connectivity index (χ4n) is 2.76. The molecule has 2 unspecified atom stereocenters. The predicted octanol–water partition coefficient (Wildman–Crippen LogP) is 1.49. The molecule has 2 heterocycles. The lowest BCUT2D eigenvalue weighted by Crippen LogP contribution is -2.31. The Labute approximate surface area is 118 Å². The van der Waals surface area contributed by atoms with Crippen molar-refractivity contribution in [3.8, 4) is 5.69 Å². The van der Waals surface area contributed by atoms with Crippen molar-refractivity contribution in [1.29, 1.82) is 0 Å². The Morgan fingerprint density at radius 1 is 1.35 bits per heavy atom. The second-order valence-electron chi connectivity index (χ2n) is 5.20. The minimum Gasteiger partial charge on any atom is -0.334 e. The third kappa shape index (κ3) is 2.20. The summed E-state index contributed by atoms with van der Waals surface area (Å²) in [5.41, 5.74) is 7.96. The molecule has 0 spiro atoms. The van der Waals surface area contributed by atoms with Gasteiger partial charge in [-0.15, -0.1) is 0 Å². The van der Waals surface area contributed by atoms with Crippen molar-refractivity contribution in [2.24, 2.45) is 5.73 Å². The summed E-state index contributed by atoms with van der Waals surface area (Å²) in [5.74, 6) is 0.125. The minimum atomic E-state index is -0.0539. The van der Waals surface area contributed by atoms with Crippen molar-refractivity contribution in [2.75, 3.05) is 6.54 Å². The first kappa shape index (κ1) is 12.9. The van der Waals surface area contributed by atoms with Crippen LogP contribution in [0, 0.1) is 0 Å². The Kier molecular flexibility index (Phi) is 3.28. The standard InChI is InChI=1S/C15H18N4O/c1-11(18-10-12(16)9-15(18)20)13-5-2-3-6-14(13)19-8-4-7-17-19/h2-8,11-12H,9-10,16H2,1H3. The van der Waals surface area contributed by atoms with Gasteiger partial charge in [-0.1, -0.05) is 18.2 Å². The molecule has 0 saturated carbocycles. The maximum Gasteiger partial charge on any atom is 0.224 e. The lowest BCUT2D eigenvalue weighted by Gasteiger charge is -2.26. The highest BCUT2D eigenvalue weighted by Gasteiger charge is 2.32. The highest BCUT2D eigenvalue weighted by Crippen LogP contribution is 2.29. The van der Waals surface area contributed by atoms with E-state index >= 15 is 0 Å². The average molecular weight is 270 g/mol. The van der Waals surface area contributed by atoms with Crippen molar-refractivity contribution < 1.29 is 4.79 Å². The zero-order chi connectivity index (χ0) is 14.1. The molecule has 1 aliphatic heterocycles. The van der Waals surface area contributed by atoms with Crippen LogP contribution in [0.15, 0.2) is 42.7 Å². The molecule has 1 saturated heterocycles. The molecule has 0 aliphatic carbocycles. The molecule has 1 amide bonds. The maximum absolute atomic E-state index is 12.0. The molecule has 0 bridgehead atoms. The zero-order valence-corrected chi connectivity index (χ0v) is 11.4. The Bertz CT molecular complexity index is 608. The van der Waals surface area contributed by atoms with Gasteiger partial charge in [0.05, 0.1) is 11.7 Å². The van der Waals surface area contributed by atoms with E-state index < -0.39 is 0 Å². The lowest BCUT2D eigenvalue weighted by atomic mass is 10.0. The first-order valence-corrected chi connectivity index (χ1v) is 6.81. The number of rotatable bonds is 3. The molecular formula is C15H18N4O. The van der Waals surface area contributed by atoms with E-state index in [1.807, 2.05) is 53.0 Å². The van der Waals surface area contributed by atoms with Crippen LogP contribution in [0.25, 0.3) is 5.69 Å². The van der Waals surface area contributed by atoms with Gasteiger partial charge in [-0.05, 0) is 19.1 Å². The van der Waals surface area contributed by atoms with Crippen molar-refractivity contribution >= 4 is 5.91 Å². The van der Waals surface area contributed by atoms with Crippen molar-refractivity contribution in [3.63, 3.8) is 0 Å². The quantitative estimate of drug-likeness (QED) is 0.919. The number of nitrogens with zero attached hydrogens (tertiary/aromatic N) is 3. The van der Waals surface area contributed by atoms with Crippen LogP contribution in [0.2, 0.25) is 0 Å². The van der Waals surface area contributed by atoms with Crippen molar-refractivity contribution in [2.45, 2.75) is 25.4 Å². The normalized spacial score (nSPS) is 20.4. The molecule has 5 heteroatoms. The monoisotopic (exact) mass is 270 g/mol. The second kappa shape index (κ2) is 5.09. The number of amides is 1.